The first kappa shape index (κ1) is 27.5. The van der Waals surface area contributed by atoms with Crippen molar-refractivity contribution in [2.45, 2.75) is 0 Å². The summed E-state index contributed by atoms with van der Waals surface area (Å²) in [5, 5.41) is 1.40. The van der Waals surface area contributed by atoms with Gasteiger partial charge >= 0.3 is 0 Å². The van der Waals surface area contributed by atoms with Gasteiger partial charge in [-0.25, -0.2) is 9.97 Å². The van der Waals surface area contributed by atoms with E-state index < -0.39 is 7.14 Å². The molecule has 0 spiro atoms. The van der Waals surface area contributed by atoms with Gasteiger partial charge in [0.05, 0.1) is 11.4 Å². The second-order valence-corrected chi connectivity index (χ2v) is 13.3. The molecule has 0 saturated carbocycles. The number of hydrogen-bond donors (Lipinski definition) is 0. The van der Waals surface area contributed by atoms with Gasteiger partial charge in [-0.15, -0.1) is 0 Å². The summed E-state index contributed by atoms with van der Waals surface area (Å²) in [6.07, 6.45) is 0. The molecule has 0 saturated heterocycles. The fourth-order valence-electron chi connectivity index (χ4n) is 5.46. The largest absolute Gasteiger partial charge is 0.305 e. The third-order valence-corrected chi connectivity index (χ3v) is 10.6. The first-order valence-corrected chi connectivity index (χ1v) is 16.3. The third kappa shape index (κ3) is 5.42. The van der Waals surface area contributed by atoms with Crippen LogP contribution < -0.4 is 16.2 Å². The number of aromatic nitrogens is 2. The Labute approximate surface area is 258 Å². The molecule has 0 N–H and O–H groups in total. The Bertz CT molecular complexity index is 1900. The third-order valence-electron chi connectivity index (χ3n) is 7.81. The van der Waals surface area contributed by atoms with Crippen molar-refractivity contribution < 1.29 is 4.57 Å². The molecule has 0 radical (unpaired) electrons. The monoisotopic (exact) mass is 584 g/mol. The van der Waals surface area contributed by atoms with Crippen LogP contribution in [0, 0.1) is 0 Å². The second-order valence-electron chi connectivity index (χ2n) is 10.6. The molecule has 0 aliphatic carbocycles. The molecule has 3 nitrogen and oxygen atoms in total. The summed E-state index contributed by atoms with van der Waals surface area (Å²) in [6.45, 7) is 0. The van der Waals surface area contributed by atoms with Crippen molar-refractivity contribution in [1.29, 1.82) is 0 Å². The standard InChI is InChI=1S/C40H29N2OP/c43-44(36-17-9-3-10-18-36,37-19-11-4-12-20-37)40-41-38(34-25-21-32(22-26-34)30-13-5-1-6-14-30)29-39(42-40)35-27-23-33(24-28-35)31-15-7-2-8-16-31/h1-29H. The fourth-order valence-corrected chi connectivity index (χ4v) is 7.90. The average molecular weight is 585 g/mol. The van der Waals surface area contributed by atoms with E-state index in [-0.39, 0.29) is 0 Å². The lowest BCUT2D eigenvalue weighted by atomic mass is 10.0. The van der Waals surface area contributed by atoms with E-state index in [1.807, 2.05) is 103 Å². The van der Waals surface area contributed by atoms with Gasteiger partial charge in [0.1, 0.15) is 0 Å². The lowest BCUT2D eigenvalue weighted by Crippen LogP contribution is -2.29. The molecule has 0 aliphatic heterocycles. The summed E-state index contributed by atoms with van der Waals surface area (Å²) in [5.74, 6) is 0. The van der Waals surface area contributed by atoms with E-state index >= 15 is 4.57 Å². The lowest BCUT2D eigenvalue weighted by Gasteiger charge is -2.20. The van der Waals surface area contributed by atoms with E-state index in [9.17, 15) is 0 Å². The van der Waals surface area contributed by atoms with Gasteiger partial charge in [0.25, 0.3) is 0 Å². The summed E-state index contributed by atoms with van der Waals surface area (Å²) in [6, 6.07) is 58.5. The number of nitrogens with zero attached hydrogens (tertiary/aromatic N) is 2. The number of rotatable bonds is 7. The molecule has 210 valence electrons. The maximum Gasteiger partial charge on any atom is 0.206 e. The van der Waals surface area contributed by atoms with Crippen LogP contribution in [0.4, 0.5) is 0 Å². The molecular weight excluding hydrogens is 555 g/mol. The van der Waals surface area contributed by atoms with Crippen LogP contribution in [0.15, 0.2) is 176 Å². The van der Waals surface area contributed by atoms with E-state index in [0.717, 1.165) is 44.8 Å². The predicted octanol–water partition coefficient (Wildman–Crippen LogP) is 8.78. The minimum atomic E-state index is -3.41. The van der Waals surface area contributed by atoms with Crippen LogP contribution in [0.25, 0.3) is 44.8 Å². The SMILES string of the molecule is O=P(c1ccccc1)(c1ccccc1)c1nc(-c2ccc(-c3ccccc3)cc2)cc(-c2ccc(-c3ccccc3)cc2)n1. The van der Waals surface area contributed by atoms with Crippen molar-refractivity contribution in [1.82, 2.24) is 9.97 Å². The maximum absolute atomic E-state index is 15.3. The first-order valence-electron chi connectivity index (χ1n) is 14.6. The van der Waals surface area contributed by atoms with Crippen molar-refractivity contribution in [3.8, 4) is 44.8 Å². The molecule has 1 aromatic heterocycles. The molecule has 0 bridgehead atoms. The predicted molar refractivity (Wildman–Crippen MR) is 183 cm³/mol. The van der Waals surface area contributed by atoms with E-state index in [4.69, 9.17) is 9.97 Å². The Kier molecular flexibility index (Phi) is 7.54. The molecule has 0 atom stereocenters. The molecular formula is C40H29N2OP. The second kappa shape index (κ2) is 12.1. The Balaban J connectivity index is 1.40. The van der Waals surface area contributed by atoms with Gasteiger partial charge in [0, 0.05) is 21.7 Å². The van der Waals surface area contributed by atoms with Crippen molar-refractivity contribution in [3.05, 3.63) is 176 Å². The summed E-state index contributed by atoms with van der Waals surface area (Å²) >= 11 is 0. The van der Waals surface area contributed by atoms with Gasteiger partial charge in [-0.05, 0) is 28.3 Å². The minimum Gasteiger partial charge on any atom is -0.305 e. The van der Waals surface area contributed by atoms with E-state index in [1.165, 1.54) is 0 Å². The quantitative estimate of drug-likeness (QED) is 0.176. The van der Waals surface area contributed by atoms with Crippen LogP contribution in [-0.4, -0.2) is 9.97 Å². The van der Waals surface area contributed by atoms with Gasteiger partial charge < -0.3 is 4.57 Å². The highest BCUT2D eigenvalue weighted by atomic mass is 31.2. The number of benzene rings is 6. The van der Waals surface area contributed by atoms with Crippen LogP contribution in [0.2, 0.25) is 0 Å². The number of hydrogen-bond acceptors (Lipinski definition) is 3. The Morgan fingerprint density at radius 3 is 1.00 bits per heavy atom. The molecule has 7 aromatic rings. The van der Waals surface area contributed by atoms with Gasteiger partial charge in [-0.1, -0.05) is 170 Å². The highest BCUT2D eigenvalue weighted by Crippen LogP contribution is 2.42. The minimum absolute atomic E-state index is 0.321. The summed E-state index contributed by atoms with van der Waals surface area (Å²) in [5.41, 5.74) is 8.19. The van der Waals surface area contributed by atoms with Crippen molar-refractivity contribution in [2.24, 2.45) is 0 Å². The summed E-state index contributed by atoms with van der Waals surface area (Å²) in [7, 11) is -3.41. The van der Waals surface area contributed by atoms with Gasteiger partial charge in [0.2, 0.25) is 7.14 Å². The molecule has 7 rings (SSSR count). The molecule has 6 aromatic carbocycles. The average Bonchev–Trinajstić information content (AvgIpc) is 3.13. The molecule has 1 heterocycles. The zero-order valence-corrected chi connectivity index (χ0v) is 24.9. The smallest absolute Gasteiger partial charge is 0.206 e. The summed E-state index contributed by atoms with van der Waals surface area (Å²) in [4.78, 5) is 10.1. The normalized spacial score (nSPS) is 11.3. The Hall–Kier alpha value is -5.37. The van der Waals surface area contributed by atoms with Crippen LogP contribution in [0.5, 0.6) is 0 Å². The fraction of sp³-hybridized carbons (Fsp3) is 0. The Morgan fingerprint density at radius 1 is 0.341 bits per heavy atom. The maximum atomic E-state index is 15.3. The van der Waals surface area contributed by atoms with Crippen LogP contribution in [0.1, 0.15) is 0 Å². The molecule has 4 heteroatoms. The van der Waals surface area contributed by atoms with Crippen molar-refractivity contribution >= 4 is 23.3 Å². The Morgan fingerprint density at radius 2 is 0.636 bits per heavy atom. The highest BCUT2D eigenvalue weighted by molar-refractivity contribution is 7.84. The highest BCUT2D eigenvalue weighted by Gasteiger charge is 2.33. The molecule has 44 heavy (non-hydrogen) atoms. The van der Waals surface area contributed by atoms with E-state index in [2.05, 4.69) is 72.8 Å². The van der Waals surface area contributed by atoms with E-state index in [1.54, 1.807) is 0 Å². The van der Waals surface area contributed by atoms with Crippen LogP contribution >= 0.6 is 7.14 Å². The van der Waals surface area contributed by atoms with Gasteiger partial charge in [-0.3, -0.25) is 0 Å². The van der Waals surface area contributed by atoms with Crippen molar-refractivity contribution in [3.63, 3.8) is 0 Å². The lowest BCUT2D eigenvalue weighted by molar-refractivity contribution is 0.591. The first-order chi connectivity index (χ1) is 21.7. The summed E-state index contributed by atoms with van der Waals surface area (Å²) < 4.78 is 15.3. The topological polar surface area (TPSA) is 42.9 Å². The zero-order chi connectivity index (χ0) is 29.8. The van der Waals surface area contributed by atoms with Crippen LogP contribution in [0.3, 0.4) is 0 Å². The van der Waals surface area contributed by atoms with Gasteiger partial charge in [0.15, 0.2) is 5.57 Å². The van der Waals surface area contributed by atoms with Gasteiger partial charge in [-0.2, -0.15) is 0 Å². The molecule has 0 unspecified atom stereocenters. The molecule has 0 amide bonds. The van der Waals surface area contributed by atoms with E-state index in [0.29, 0.717) is 16.2 Å². The molecule has 0 aliphatic rings. The zero-order valence-electron chi connectivity index (χ0n) is 24.0. The van der Waals surface area contributed by atoms with Crippen LogP contribution in [-0.2, 0) is 4.57 Å². The van der Waals surface area contributed by atoms with Crippen molar-refractivity contribution in [2.75, 3.05) is 0 Å². The molecule has 0 fully saturated rings.